The van der Waals surface area contributed by atoms with Crippen molar-refractivity contribution in [2.45, 2.75) is 0 Å². The molecule has 0 aliphatic carbocycles. The van der Waals surface area contributed by atoms with E-state index in [0.29, 0.717) is 17.8 Å². The Morgan fingerprint density at radius 3 is 1.05 bits per heavy atom. The molecule has 18 heteroatoms. The Hall–Kier alpha value is -18.9. The zero-order chi connectivity index (χ0) is 94.7. The van der Waals surface area contributed by atoms with Crippen LogP contribution in [-0.4, -0.2) is 72.3 Å². The second-order valence-corrected chi connectivity index (χ2v) is 40.0. The third-order valence-electron chi connectivity index (χ3n) is 29.1. The SMILES string of the molecule is c1ccc(-c2nc(-n3c4cccnc4c4c5ccccc5c5c6ccccc6sc5c43)nc3c4ccccc4n(-c4ccccc4)c23)cc1.c1ccc(-c2nc(-n3c4ncccc4c4c5ccccc5c5c6ccccc6sc5c43)nc3c2c2ccccc2n3-c2ccccc2)cc1.c1ccc2c(-n3c4ccccc4c4ccccc43)nc(-n3c4cccnc4c4c5ccccc5c5c6ccccc6sc5c43)nc2c1. The van der Waals surface area contributed by atoms with Crippen molar-refractivity contribution < 1.29 is 0 Å². The fraction of sp³-hybridized carbons (Fsp3) is 0. The summed E-state index contributed by atoms with van der Waals surface area (Å²) in [6, 6.07) is 150. The Kier molecular flexibility index (Phi) is 17.8. The summed E-state index contributed by atoms with van der Waals surface area (Å²) in [5.74, 6) is 2.71. The zero-order valence-corrected chi connectivity index (χ0v) is 79.5. The second-order valence-electron chi connectivity index (χ2n) is 36.8. The minimum absolute atomic E-state index is 0.596. The summed E-state index contributed by atoms with van der Waals surface area (Å²) in [6.45, 7) is 0. The molecule has 33 aromatic rings. The van der Waals surface area contributed by atoms with Gasteiger partial charge in [-0.2, -0.15) is 9.97 Å². The molecule has 0 spiro atoms. The molecule has 0 unspecified atom stereocenters. The molecule has 0 radical (unpaired) electrons. The number of pyridine rings is 3. The minimum Gasteiger partial charge on any atom is -0.306 e. The average molecular weight is 1910 g/mol. The van der Waals surface area contributed by atoms with E-state index in [4.69, 9.17) is 44.9 Å². The van der Waals surface area contributed by atoms with Gasteiger partial charge in [-0.3, -0.25) is 32.8 Å². The smallest absolute Gasteiger partial charge is 0.238 e. The van der Waals surface area contributed by atoms with Crippen LogP contribution in [-0.2, 0) is 0 Å². The van der Waals surface area contributed by atoms with E-state index in [9.17, 15) is 0 Å². The monoisotopic (exact) mass is 1900 g/mol. The van der Waals surface area contributed by atoms with Gasteiger partial charge in [0.25, 0.3) is 0 Å². The van der Waals surface area contributed by atoms with Gasteiger partial charge in [0.15, 0.2) is 11.5 Å². The lowest BCUT2D eigenvalue weighted by molar-refractivity contribution is 0.974. The van der Waals surface area contributed by atoms with Gasteiger partial charge in [-0.1, -0.05) is 309 Å². The quantitative estimate of drug-likeness (QED) is 0.145. The molecule has 0 aliphatic rings. The number of fused-ring (bicyclic) bond motifs is 40. The van der Waals surface area contributed by atoms with Gasteiger partial charge in [0.05, 0.1) is 96.9 Å². The molecule has 0 saturated carbocycles. The van der Waals surface area contributed by atoms with E-state index in [1.807, 2.05) is 70.8 Å². The summed E-state index contributed by atoms with van der Waals surface area (Å²) in [5, 5.41) is 26.0. The van der Waals surface area contributed by atoms with Gasteiger partial charge in [0.1, 0.15) is 16.9 Å². The van der Waals surface area contributed by atoms with E-state index in [1.54, 1.807) is 0 Å². The maximum absolute atomic E-state index is 5.54. The van der Waals surface area contributed by atoms with Crippen LogP contribution in [0.2, 0.25) is 0 Å². The van der Waals surface area contributed by atoms with E-state index in [1.165, 1.54) is 109 Å². The molecule has 0 fully saturated rings. The first-order valence-electron chi connectivity index (χ1n) is 48.5. The number of thiophene rings is 3. The van der Waals surface area contributed by atoms with Gasteiger partial charge in [-0.05, 0) is 148 Å². The van der Waals surface area contributed by atoms with Gasteiger partial charge >= 0.3 is 0 Å². The molecule has 18 aromatic carbocycles. The van der Waals surface area contributed by atoms with Crippen molar-refractivity contribution in [2.75, 3.05) is 0 Å². The molecule has 0 aliphatic heterocycles. The van der Waals surface area contributed by atoms with E-state index in [2.05, 4.69) is 434 Å². The van der Waals surface area contributed by atoms with Crippen molar-refractivity contribution in [3.63, 3.8) is 0 Å². The number of nitrogens with zero attached hydrogens (tertiary/aromatic N) is 15. The van der Waals surface area contributed by atoms with Gasteiger partial charge < -0.3 is 4.57 Å². The van der Waals surface area contributed by atoms with Gasteiger partial charge in [0, 0.05) is 136 Å². The Morgan fingerprint density at radius 2 is 0.531 bits per heavy atom. The van der Waals surface area contributed by atoms with Crippen LogP contribution in [0.5, 0.6) is 0 Å². The van der Waals surface area contributed by atoms with Crippen molar-refractivity contribution in [1.29, 1.82) is 0 Å². The molecular formula is C127H73N15S3. The molecule has 0 N–H and O–H groups in total. The fourth-order valence-electron chi connectivity index (χ4n) is 23.2. The van der Waals surface area contributed by atoms with Crippen LogP contribution in [0.15, 0.2) is 443 Å². The van der Waals surface area contributed by atoms with Crippen LogP contribution in [0.1, 0.15) is 0 Å². The van der Waals surface area contributed by atoms with Crippen LogP contribution in [0.3, 0.4) is 0 Å². The molecule has 33 rings (SSSR count). The second kappa shape index (κ2) is 31.8. The first kappa shape index (κ1) is 81.0. The normalized spacial score (nSPS) is 12.1. The van der Waals surface area contributed by atoms with E-state index >= 15 is 0 Å². The molecule has 674 valence electrons. The van der Waals surface area contributed by atoms with Gasteiger partial charge in [-0.15, -0.1) is 34.0 Å². The first-order chi connectivity index (χ1) is 72.0. The molecule has 0 saturated heterocycles. The molecule has 0 atom stereocenters. The Balaban J connectivity index is 0.0000000990. The molecule has 15 nitrogen and oxygen atoms in total. The van der Waals surface area contributed by atoms with Crippen LogP contribution in [0, 0.1) is 0 Å². The molecule has 0 bridgehead atoms. The van der Waals surface area contributed by atoms with Crippen LogP contribution in [0.25, 0.3) is 293 Å². The summed E-state index contributed by atoms with van der Waals surface area (Å²) < 4.78 is 21.0. The highest BCUT2D eigenvalue weighted by molar-refractivity contribution is 7.28. The molecular weight excluding hydrogens is 1830 g/mol. The van der Waals surface area contributed by atoms with Crippen molar-refractivity contribution in [1.82, 2.24) is 72.3 Å². The van der Waals surface area contributed by atoms with E-state index in [-0.39, 0.29) is 0 Å². The summed E-state index contributed by atoms with van der Waals surface area (Å²) in [6.07, 6.45) is 5.66. The Labute approximate surface area is 835 Å². The van der Waals surface area contributed by atoms with Crippen molar-refractivity contribution in [3.8, 4) is 57.6 Å². The predicted molar refractivity (Wildman–Crippen MR) is 605 cm³/mol. The Bertz CT molecular complexity index is 11200. The number of para-hydroxylation sites is 7. The Morgan fingerprint density at radius 1 is 0.179 bits per heavy atom. The highest BCUT2D eigenvalue weighted by Gasteiger charge is 2.33. The summed E-state index contributed by atoms with van der Waals surface area (Å²) in [5.41, 5.74) is 22.0. The van der Waals surface area contributed by atoms with E-state index in [0.717, 1.165) is 166 Å². The summed E-state index contributed by atoms with van der Waals surface area (Å²) >= 11 is 5.49. The number of benzene rings is 18. The minimum atomic E-state index is 0.596. The lowest BCUT2D eigenvalue weighted by Gasteiger charge is -2.14. The standard InChI is InChI=1S/2C43H25N5S.C41H23N5S/c1-3-14-26(15-4-1)38-37-30-20-9-11-23-33(30)47(27-16-5-2-6-17-27)42(37)46-43(45-38)48-39-35(32-22-13-25-44-41(32)48)28-18-7-8-19-29(28)36-31-21-10-12-24-34(31)49-40(36)39;1-3-14-26(15-4-1)37-41-38(30-20-9-11-22-32(30)47(41)27-16-5-2-6-17-27)46-43(45-37)48-33-23-13-25-44-39(33)36-29-19-8-7-18-28(29)35-31-21-10-12-24-34(31)49-42(35)40(36)48;1-2-15-27-26(14-1)35-29-17-6-10-22-34(29)47-39(35)38-36(27)37-33(21-11-23-42-37)46(38)41-43-30-18-7-3-16-28(30)40(44-41)45-31-19-8-4-12-24(31)25-13-5-9-20-32(25)45/h2*1-25H;1-23H. The van der Waals surface area contributed by atoms with Crippen molar-refractivity contribution in [2.24, 2.45) is 0 Å². The van der Waals surface area contributed by atoms with E-state index < -0.39 is 0 Å². The molecule has 15 aromatic heterocycles. The summed E-state index contributed by atoms with van der Waals surface area (Å²) in [4.78, 5) is 48.0. The van der Waals surface area contributed by atoms with Gasteiger partial charge in [-0.25, -0.2) is 24.9 Å². The highest BCUT2D eigenvalue weighted by atomic mass is 32.1. The van der Waals surface area contributed by atoms with Crippen LogP contribution >= 0.6 is 34.0 Å². The predicted octanol–water partition coefficient (Wildman–Crippen LogP) is 33.2. The fourth-order valence-corrected chi connectivity index (χ4v) is 27.0. The van der Waals surface area contributed by atoms with Crippen LogP contribution < -0.4 is 0 Å². The average Bonchev–Trinajstić information content (AvgIpc) is 1.54. The lowest BCUT2D eigenvalue weighted by Crippen LogP contribution is -2.07. The molecule has 0 amide bonds. The maximum Gasteiger partial charge on any atom is 0.238 e. The third kappa shape index (κ3) is 11.9. The number of hydrogen-bond acceptors (Lipinski definition) is 12. The first-order valence-corrected chi connectivity index (χ1v) is 50.9. The molecule has 15 heterocycles. The summed E-state index contributed by atoms with van der Waals surface area (Å²) in [7, 11) is 0. The maximum atomic E-state index is 5.54. The van der Waals surface area contributed by atoms with Crippen LogP contribution in [0.4, 0.5) is 0 Å². The molecule has 145 heavy (non-hydrogen) atoms. The van der Waals surface area contributed by atoms with Gasteiger partial charge in [0.2, 0.25) is 17.8 Å². The largest absolute Gasteiger partial charge is 0.306 e. The van der Waals surface area contributed by atoms with Crippen molar-refractivity contribution in [3.05, 3.63) is 443 Å². The highest BCUT2D eigenvalue weighted by Crippen LogP contribution is 2.54. The van der Waals surface area contributed by atoms with Crippen molar-refractivity contribution >= 4 is 269 Å². The number of rotatable bonds is 8. The third-order valence-corrected chi connectivity index (χ3v) is 32.6. The number of hydrogen-bond donors (Lipinski definition) is 0. The zero-order valence-electron chi connectivity index (χ0n) is 77.1. The number of aromatic nitrogens is 15. The topological polar surface area (TPSA) is 146 Å². The lowest BCUT2D eigenvalue weighted by atomic mass is 9.99.